The van der Waals surface area contributed by atoms with Crippen LogP contribution >= 0.6 is 22.9 Å². The molecular formula is C29H32ClN5O3S. The van der Waals surface area contributed by atoms with E-state index in [1.807, 2.05) is 48.2 Å². The summed E-state index contributed by atoms with van der Waals surface area (Å²) in [5, 5.41) is 4.16. The number of aromatic nitrogens is 1. The molecule has 3 aliphatic rings. The lowest BCUT2D eigenvalue weighted by Crippen LogP contribution is -2.52. The minimum atomic E-state index is -0.531. The second-order valence-corrected chi connectivity index (χ2v) is 12.4. The first kappa shape index (κ1) is 26.1. The molecule has 3 saturated heterocycles. The summed E-state index contributed by atoms with van der Waals surface area (Å²) in [6.45, 7) is 7.23. The highest BCUT2D eigenvalue weighted by Crippen LogP contribution is 2.43. The predicted molar refractivity (Wildman–Crippen MR) is 154 cm³/mol. The number of carbonyl (C=O) groups excluding carboxylic acids is 3. The molecule has 3 aromatic rings. The molecule has 0 radical (unpaired) electrons. The summed E-state index contributed by atoms with van der Waals surface area (Å²) in [6, 6.07) is 12.3. The van der Waals surface area contributed by atoms with Gasteiger partial charge in [-0.1, -0.05) is 61.9 Å². The molecule has 3 aliphatic heterocycles. The molecule has 4 amide bonds. The number of anilines is 2. The number of para-hydroxylation sites is 1. The molecule has 2 aromatic carbocycles. The highest BCUT2D eigenvalue weighted by Gasteiger charge is 2.55. The van der Waals surface area contributed by atoms with Crippen molar-refractivity contribution in [1.82, 2.24) is 14.8 Å². The zero-order valence-corrected chi connectivity index (χ0v) is 23.8. The van der Waals surface area contributed by atoms with E-state index in [0.29, 0.717) is 53.2 Å². The molecule has 4 atom stereocenters. The van der Waals surface area contributed by atoms with E-state index < -0.39 is 6.04 Å². The van der Waals surface area contributed by atoms with Crippen LogP contribution in [0.3, 0.4) is 0 Å². The second-order valence-electron chi connectivity index (χ2n) is 11.0. The first-order valence-corrected chi connectivity index (χ1v) is 14.8. The summed E-state index contributed by atoms with van der Waals surface area (Å²) in [7, 11) is 0. The average molecular weight is 566 g/mol. The van der Waals surface area contributed by atoms with Gasteiger partial charge in [0.2, 0.25) is 11.8 Å². The van der Waals surface area contributed by atoms with Gasteiger partial charge in [-0.25, -0.2) is 9.78 Å². The maximum absolute atomic E-state index is 13.9. The van der Waals surface area contributed by atoms with Gasteiger partial charge in [0.05, 0.1) is 27.7 Å². The van der Waals surface area contributed by atoms with Gasteiger partial charge in [-0.15, -0.1) is 0 Å². The van der Waals surface area contributed by atoms with Crippen molar-refractivity contribution >= 4 is 61.8 Å². The molecule has 6 rings (SSSR count). The summed E-state index contributed by atoms with van der Waals surface area (Å²) in [6.07, 6.45) is 2.07. The third-order valence-electron chi connectivity index (χ3n) is 8.37. The van der Waals surface area contributed by atoms with Crippen LogP contribution in [-0.2, 0) is 9.59 Å². The van der Waals surface area contributed by atoms with E-state index in [9.17, 15) is 14.4 Å². The van der Waals surface area contributed by atoms with Gasteiger partial charge in [0.25, 0.3) is 0 Å². The molecule has 1 N–H and O–H groups in total. The summed E-state index contributed by atoms with van der Waals surface area (Å²) >= 11 is 7.80. The Labute approximate surface area is 236 Å². The number of amides is 4. The van der Waals surface area contributed by atoms with Crippen LogP contribution in [-0.4, -0.2) is 63.8 Å². The Morgan fingerprint density at radius 2 is 1.85 bits per heavy atom. The van der Waals surface area contributed by atoms with Crippen LogP contribution in [0.15, 0.2) is 42.5 Å². The normalized spacial score (nSPS) is 24.7. The maximum Gasteiger partial charge on any atom is 0.322 e. The second kappa shape index (κ2) is 10.1. The average Bonchev–Trinajstić information content (AvgIpc) is 3.70. The Morgan fingerprint density at radius 3 is 2.56 bits per heavy atom. The lowest BCUT2D eigenvalue weighted by atomic mass is 10.0. The van der Waals surface area contributed by atoms with Crippen molar-refractivity contribution in [3.8, 4) is 0 Å². The fourth-order valence-electron chi connectivity index (χ4n) is 6.32. The van der Waals surface area contributed by atoms with Crippen molar-refractivity contribution in [2.45, 2.75) is 64.1 Å². The van der Waals surface area contributed by atoms with Crippen LogP contribution in [0.1, 0.15) is 51.5 Å². The molecule has 0 spiro atoms. The van der Waals surface area contributed by atoms with Crippen LogP contribution in [0.25, 0.3) is 10.2 Å². The third-order valence-corrected chi connectivity index (χ3v) is 9.69. The van der Waals surface area contributed by atoms with Crippen molar-refractivity contribution in [1.29, 1.82) is 0 Å². The Hall–Kier alpha value is -3.17. The number of nitrogens with one attached hydrogen (secondary N) is 1. The van der Waals surface area contributed by atoms with E-state index in [-0.39, 0.29) is 35.8 Å². The number of hydrogen-bond acceptors (Lipinski definition) is 5. The monoisotopic (exact) mass is 565 g/mol. The Kier molecular flexibility index (Phi) is 6.75. The number of halogens is 1. The molecule has 0 bridgehead atoms. The van der Waals surface area contributed by atoms with Crippen LogP contribution in [0.5, 0.6) is 0 Å². The highest BCUT2D eigenvalue weighted by atomic mass is 35.5. The molecule has 10 heteroatoms. The summed E-state index contributed by atoms with van der Waals surface area (Å²) in [4.78, 5) is 50.6. The highest BCUT2D eigenvalue weighted by molar-refractivity contribution is 7.22. The smallest absolute Gasteiger partial charge is 0.322 e. The lowest BCUT2D eigenvalue weighted by Gasteiger charge is -2.32. The number of rotatable bonds is 4. The van der Waals surface area contributed by atoms with Crippen LogP contribution in [0.2, 0.25) is 5.02 Å². The number of fused-ring (bicyclic) bond motifs is 2. The SMILES string of the molecule is CC(C)c1ccc(NC(=O)N2CCC[C@H]2C(=O)N2CC[C@H]3[C@H]2[C@H](C)C(=O)N3c2nc3c(Cl)cccc3s2)cc1. The fraction of sp³-hybridized carbons (Fsp3) is 0.448. The van der Waals surface area contributed by atoms with E-state index >= 15 is 0 Å². The summed E-state index contributed by atoms with van der Waals surface area (Å²) in [5.41, 5.74) is 2.61. The van der Waals surface area contributed by atoms with Gasteiger partial charge in [-0.05, 0) is 55.0 Å². The number of nitrogens with zero attached hydrogens (tertiary/aromatic N) is 4. The molecule has 0 saturated carbocycles. The van der Waals surface area contributed by atoms with Gasteiger partial charge in [-0.3, -0.25) is 14.5 Å². The molecule has 3 fully saturated rings. The molecular weight excluding hydrogens is 534 g/mol. The largest absolute Gasteiger partial charge is 0.335 e. The van der Waals surface area contributed by atoms with Crippen molar-refractivity contribution in [2.24, 2.45) is 5.92 Å². The van der Waals surface area contributed by atoms with Gasteiger partial charge in [0.1, 0.15) is 11.6 Å². The fourth-order valence-corrected chi connectivity index (χ4v) is 7.65. The van der Waals surface area contributed by atoms with Crippen LogP contribution in [0.4, 0.5) is 15.6 Å². The first-order chi connectivity index (χ1) is 18.7. The van der Waals surface area contributed by atoms with Crippen molar-refractivity contribution in [3.63, 3.8) is 0 Å². The summed E-state index contributed by atoms with van der Waals surface area (Å²) < 4.78 is 0.929. The number of urea groups is 1. The molecule has 0 unspecified atom stereocenters. The number of carbonyl (C=O) groups is 3. The van der Waals surface area contributed by atoms with Gasteiger partial charge in [0, 0.05) is 18.8 Å². The quantitative estimate of drug-likeness (QED) is 0.438. The van der Waals surface area contributed by atoms with Crippen molar-refractivity contribution in [3.05, 3.63) is 53.1 Å². The molecule has 0 aliphatic carbocycles. The lowest BCUT2D eigenvalue weighted by molar-refractivity contribution is -0.137. The molecule has 8 nitrogen and oxygen atoms in total. The molecule has 39 heavy (non-hydrogen) atoms. The van der Waals surface area contributed by atoms with Crippen molar-refractivity contribution in [2.75, 3.05) is 23.3 Å². The minimum absolute atomic E-state index is 0.0245. The Bertz CT molecular complexity index is 1440. The van der Waals surface area contributed by atoms with Crippen LogP contribution < -0.4 is 10.2 Å². The standard InChI is InChI=1S/C29H32ClN5O3S/c1-16(2)18-9-11-19(12-10-18)31-28(38)33-14-5-7-22(33)27(37)34-15-13-21-25(34)17(3)26(36)35(21)29-32-24-20(30)6-4-8-23(24)39-29/h4,6,8-12,16-17,21-22,25H,5,7,13-15H2,1-3H3,(H,31,38)/t17-,21-,22-,25+/m0/s1. The number of likely N-dealkylation sites (tertiary alicyclic amines) is 2. The predicted octanol–water partition coefficient (Wildman–Crippen LogP) is 5.72. The summed E-state index contributed by atoms with van der Waals surface area (Å²) in [5.74, 6) is -0.0392. The number of benzene rings is 2. The Balaban J connectivity index is 1.19. The van der Waals surface area contributed by atoms with Crippen molar-refractivity contribution < 1.29 is 14.4 Å². The molecule has 204 valence electrons. The number of thiazole rings is 1. The topological polar surface area (TPSA) is 85.8 Å². The third kappa shape index (κ3) is 4.45. The van der Waals surface area contributed by atoms with E-state index in [0.717, 1.165) is 11.1 Å². The first-order valence-electron chi connectivity index (χ1n) is 13.6. The molecule has 4 heterocycles. The van der Waals surface area contributed by atoms with Gasteiger partial charge in [-0.2, -0.15) is 0 Å². The van der Waals surface area contributed by atoms with E-state index in [4.69, 9.17) is 16.6 Å². The zero-order chi connectivity index (χ0) is 27.4. The van der Waals surface area contributed by atoms with E-state index in [1.165, 1.54) is 16.9 Å². The minimum Gasteiger partial charge on any atom is -0.335 e. The number of hydrogen-bond donors (Lipinski definition) is 1. The van der Waals surface area contributed by atoms with Crippen LogP contribution in [0, 0.1) is 5.92 Å². The zero-order valence-electron chi connectivity index (χ0n) is 22.3. The van der Waals surface area contributed by atoms with E-state index in [1.54, 1.807) is 15.9 Å². The van der Waals surface area contributed by atoms with Gasteiger partial charge in [0.15, 0.2) is 5.13 Å². The maximum atomic E-state index is 13.9. The molecule has 1 aromatic heterocycles. The Morgan fingerprint density at radius 1 is 1.08 bits per heavy atom. The van der Waals surface area contributed by atoms with E-state index in [2.05, 4.69) is 19.2 Å². The van der Waals surface area contributed by atoms with Gasteiger partial charge >= 0.3 is 6.03 Å². The van der Waals surface area contributed by atoms with Gasteiger partial charge < -0.3 is 15.1 Å².